The molecule has 2 N–H and O–H groups in total. The fourth-order valence-corrected chi connectivity index (χ4v) is 3.55. The first-order valence-corrected chi connectivity index (χ1v) is 9.20. The zero-order valence-electron chi connectivity index (χ0n) is 14.4. The molecule has 0 amide bonds. The summed E-state index contributed by atoms with van der Waals surface area (Å²) in [6, 6.07) is 15.6. The van der Waals surface area contributed by atoms with Gasteiger partial charge in [0.2, 0.25) is 11.0 Å². The van der Waals surface area contributed by atoms with Crippen molar-refractivity contribution in [1.29, 1.82) is 0 Å². The maximum absolute atomic E-state index is 14.3. The maximum atomic E-state index is 14.3. The lowest BCUT2D eigenvalue weighted by atomic mass is 10.0. The van der Waals surface area contributed by atoms with E-state index in [2.05, 4.69) is 10.1 Å². The van der Waals surface area contributed by atoms with Crippen molar-refractivity contribution in [3.63, 3.8) is 0 Å². The second kappa shape index (κ2) is 7.24. The minimum atomic E-state index is -1.15. The van der Waals surface area contributed by atoms with Crippen LogP contribution in [0.1, 0.15) is 21.6 Å². The zero-order chi connectivity index (χ0) is 19.7. The molecule has 0 aliphatic carbocycles. The van der Waals surface area contributed by atoms with Gasteiger partial charge < -0.3 is 10.2 Å². The Labute approximate surface area is 163 Å². The Kier molecular flexibility index (Phi) is 4.62. The number of hydrogen-bond acceptors (Lipinski definition) is 5. The van der Waals surface area contributed by atoms with Gasteiger partial charge in [0.1, 0.15) is 5.82 Å². The molecule has 4 aromatic rings. The molecule has 0 unspecified atom stereocenters. The van der Waals surface area contributed by atoms with Crippen LogP contribution in [-0.4, -0.2) is 30.9 Å². The van der Waals surface area contributed by atoms with E-state index in [1.807, 2.05) is 30.3 Å². The molecule has 140 valence electrons. The van der Waals surface area contributed by atoms with Crippen molar-refractivity contribution in [2.45, 2.75) is 6.42 Å². The minimum absolute atomic E-state index is 0.122. The molecule has 4 rings (SSSR count). The number of benzene rings is 2. The lowest BCUT2D eigenvalue weighted by molar-refractivity contribution is 0.0691. The number of aromatic hydroxyl groups is 1. The van der Waals surface area contributed by atoms with E-state index < -0.39 is 5.97 Å². The van der Waals surface area contributed by atoms with Gasteiger partial charge in [-0.3, -0.25) is 0 Å². The zero-order valence-corrected chi connectivity index (χ0v) is 15.2. The second-order valence-electron chi connectivity index (χ2n) is 6.09. The molecule has 0 atom stereocenters. The van der Waals surface area contributed by atoms with E-state index in [1.165, 1.54) is 17.5 Å². The molecule has 2 aromatic heterocycles. The molecule has 0 saturated carbocycles. The molecule has 2 heterocycles. The highest BCUT2D eigenvalue weighted by Crippen LogP contribution is 2.28. The number of hydrogen-bond donors (Lipinski definition) is 2. The Hall–Kier alpha value is -3.52. The van der Waals surface area contributed by atoms with E-state index in [-0.39, 0.29) is 22.5 Å². The molecule has 0 radical (unpaired) electrons. The van der Waals surface area contributed by atoms with Gasteiger partial charge in [-0.2, -0.15) is 9.78 Å². The summed E-state index contributed by atoms with van der Waals surface area (Å²) in [6.07, 6.45) is 0.432. The van der Waals surface area contributed by atoms with Crippen LogP contribution in [-0.2, 0) is 6.42 Å². The molecule has 2 aromatic carbocycles. The number of carbonyl (C=O) groups is 1. The summed E-state index contributed by atoms with van der Waals surface area (Å²) in [6.45, 7) is 0. The number of aromatic carboxylic acids is 1. The number of carboxylic acids is 1. The molecular formula is C20H14FN3O3S. The average molecular weight is 395 g/mol. The van der Waals surface area contributed by atoms with E-state index in [4.69, 9.17) is 5.11 Å². The van der Waals surface area contributed by atoms with Crippen molar-refractivity contribution in [1.82, 2.24) is 14.8 Å². The summed E-state index contributed by atoms with van der Waals surface area (Å²) in [5.41, 5.74) is 2.44. The van der Waals surface area contributed by atoms with E-state index in [0.717, 1.165) is 21.6 Å². The van der Waals surface area contributed by atoms with Gasteiger partial charge in [-0.25, -0.2) is 14.2 Å². The molecule has 0 fully saturated rings. The Bertz CT molecular complexity index is 1150. The normalized spacial score (nSPS) is 10.9. The quantitative estimate of drug-likeness (QED) is 0.530. The molecule has 0 aliphatic rings. The summed E-state index contributed by atoms with van der Waals surface area (Å²) in [5.74, 6) is -1.66. The van der Waals surface area contributed by atoms with Gasteiger partial charge >= 0.3 is 5.97 Å². The number of rotatable bonds is 5. The van der Waals surface area contributed by atoms with Crippen molar-refractivity contribution in [3.05, 3.63) is 82.6 Å². The van der Waals surface area contributed by atoms with Crippen molar-refractivity contribution >= 4 is 17.3 Å². The minimum Gasteiger partial charge on any atom is -0.493 e. The van der Waals surface area contributed by atoms with Crippen LogP contribution in [0.15, 0.2) is 60.0 Å². The Morgan fingerprint density at radius 2 is 1.93 bits per heavy atom. The van der Waals surface area contributed by atoms with Crippen molar-refractivity contribution in [2.75, 3.05) is 0 Å². The molecule has 0 aliphatic heterocycles. The van der Waals surface area contributed by atoms with Gasteiger partial charge in [0.25, 0.3) is 0 Å². The van der Waals surface area contributed by atoms with Crippen molar-refractivity contribution in [2.24, 2.45) is 0 Å². The van der Waals surface area contributed by atoms with Crippen LogP contribution in [0, 0.1) is 5.82 Å². The van der Waals surface area contributed by atoms with Gasteiger partial charge in [-0.1, -0.05) is 30.3 Å². The highest BCUT2D eigenvalue weighted by Gasteiger charge is 2.16. The van der Waals surface area contributed by atoms with E-state index >= 15 is 0 Å². The largest absolute Gasteiger partial charge is 0.493 e. The van der Waals surface area contributed by atoms with Gasteiger partial charge in [0.05, 0.1) is 5.69 Å². The first-order chi connectivity index (χ1) is 13.5. The summed E-state index contributed by atoms with van der Waals surface area (Å²) < 4.78 is 15.4. The number of thiazole rings is 1. The maximum Gasteiger partial charge on any atom is 0.355 e. The number of halogens is 1. The molecule has 28 heavy (non-hydrogen) atoms. The predicted molar refractivity (Wildman–Crippen MR) is 103 cm³/mol. The molecular weight excluding hydrogens is 381 g/mol. The standard InChI is InChI=1S/C20H14FN3O3S/c21-15-7-6-13(9-14(15)8-12-4-2-1-3-5-12)16-10-18(25)24(23-16)20-22-17(11-28-20)19(26)27/h1-7,9-11,25H,8H2,(H,26,27). The first kappa shape index (κ1) is 17.9. The number of nitrogens with zero attached hydrogens (tertiary/aromatic N) is 3. The van der Waals surface area contributed by atoms with Crippen LogP contribution in [0.4, 0.5) is 4.39 Å². The Morgan fingerprint density at radius 1 is 1.14 bits per heavy atom. The first-order valence-electron chi connectivity index (χ1n) is 8.32. The Balaban J connectivity index is 1.68. The number of aromatic nitrogens is 3. The second-order valence-corrected chi connectivity index (χ2v) is 6.93. The van der Waals surface area contributed by atoms with Gasteiger partial charge in [-0.05, 0) is 29.3 Å². The van der Waals surface area contributed by atoms with Gasteiger partial charge in [0.15, 0.2) is 5.69 Å². The summed E-state index contributed by atoms with van der Waals surface area (Å²) in [7, 11) is 0. The third-order valence-electron chi connectivity index (χ3n) is 4.16. The molecule has 8 heteroatoms. The number of carboxylic acid groups (broad SMARTS) is 1. The molecule has 0 saturated heterocycles. The summed E-state index contributed by atoms with van der Waals surface area (Å²) in [4.78, 5) is 14.9. The molecule has 0 spiro atoms. The SMILES string of the molecule is O=C(O)c1csc(-n2nc(-c3ccc(F)c(Cc4ccccc4)c3)cc2O)n1. The fourth-order valence-electron chi connectivity index (χ4n) is 2.80. The predicted octanol–water partition coefficient (Wildman–Crippen LogP) is 4.13. The lowest BCUT2D eigenvalue weighted by Crippen LogP contribution is -2.00. The van der Waals surface area contributed by atoms with Crippen molar-refractivity contribution < 1.29 is 19.4 Å². The van der Waals surface area contributed by atoms with Crippen molar-refractivity contribution in [3.8, 4) is 22.3 Å². The van der Waals surface area contributed by atoms with Crippen LogP contribution >= 0.6 is 11.3 Å². The highest BCUT2D eigenvalue weighted by atomic mass is 32.1. The van der Waals surface area contributed by atoms with Crippen LogP contribution < -0.4 is 0 Å². The third-order valence-corrected chi connectivity index (χ3v) is 4.98. The molecule has 6 nitrogen and oxygen atoms in total. The Morgan fingerprint density at radius 3 is 2.64 bits per heavy atom. The van der Waals surface area contributed by atoms with E-state index in [1.54, 1.807) is 12.1 Å². The van der Waals surface area contributed by atoms with Gasteiger partial charge in [0, 0.05) is 23.4 Å². The van der Waals surface area contributed by atoms with Crippen LogP contribution in [0.3, 0.4) is 0 Å². The third kappa shape index (κ3) is 3.49. The summed E-state index contributed by atoms with van der Waals surface area (Å²) in [5, 5.41) is 25.1. The topological polar surface area (TPSA) is 88.2 Å². The highest BCUT2D eigenvalue weighted by molar-refractivity contribution is 7.12. The van der Waals surface area contributed by atoms with Crippen LogP contribution in [0.2, 0.25) is 0 Å². The monoisotopic (exact) mass is 395 g/mol. The van der Waals surface area contributed by atoms with Gasteiger partial charge in [-0.15, -0.1) is 11.3 Å². The van der Waals surface area contributed by atoms with Crippen LogP contribution in [0.5, 0.6) is 5.88 Å². The van der Waals surface area contributed by atoms with Crippen LogP contribution in [0.25, 0.3) is 16.4 Å². The summed E-state index contributed by atoms with van der Waals surface area (Å²) >= 11 is 1.05. The molecule has 0 bridgehead atoms. The van der Waals surface area contributed by atoms with E-state index in [9.17, 15) is 14.3 Å². The smallest absolute Gasteiger partial charge is 0.355 e. The fraction of sp³-hybridized carbons (Fsp3) is 0.0500. The van der Waals surface area contributed by atoms with E-state index in [0.29, 0.717) is 23.2 Å². The average Bonchev–Trinajstić information content (AvgIpc) is 3.31. The lowest BCUT2D eigenvalue weighted by Gasteiger charge is -2.06.